The van der Waals surface area contributed by atoms with E-state index < -0.39 is 0 Å². The summed E-state index contributed by atoms with van der Waals surface area (Å²) in [7, 11) is 0. The van der Waals surface area contributed by atoms with Gasteiger partial charge in [0.05, 0.1) is 0 Å². The molecular formula is C17H24FN3O. The summed E-state index contributed by atoms with van der Waals surface area (Å²) in [6.45, 7) is 5.25. The van der Waals surface area contributed by atoms with Crippen LogP contribution in [-0.4, -0.2) is 48.1 Å². The van der Waals surface area contributed by atoms with Crippen molar-refractivity contribution >= 4 is 11.7 Å². The van der Waals surface area contributed by atoms with E-state index in [0.717, 1.165) is 37.8 Å². The molecule has 5 heteroatoms. The quantitative estimate of drug-likeness (QED) is 0.910. The molecule has 2 fully saturated rings. The standard InChI is InChI=1S/C17H24FN3O/c1-13-6-7-14(18)12-16(13)19-17(22)21-10-8-20(9-11-21)15-4-2-3-5-15/h6-7,12,15H,2-5,8-11H2,1H3,(H,19,22). The van der Waals surface area contributed by atoms with Crippen molar-refractivity contribution in [3.8, 4) is 0 Å². The average Bonchev–Trinajstić information content (AvgIpc) is 3.05. The molecule has 120 valence electrons. The lowest BCUT2D eigenvalue weighted by Crippen LogP contribution is -2.52. The van der Waals surface area contributed by atoms with E-state index in [1.54, 1.807) is 6.07 Å². The zero-order valence-electron chi connectivity index (χ0n) is 13.1. The molecule has 1 saturated heterocycles. The lowest BCUT2D eigenvalue weighted by Gasteiger charge is -2.38. The van der Waals surface area contributed by atoms with E-state index in [4.69, 9.17) is 0 Å². The van der Waals surface area contributed by atoms with E-state index in [1.807, 2.05) is 11.8 Å². The summed E-state index contributed by atoms with van der Waals surface area (Å²) >= 11 is 0. The summed E-state index contributed by atoms with van der Waals surface area (Å²) in [6.07, 6.45) is 5.28. The van der Waals surface area contributed by atoms with Crippen LogP contribution in [0.15, 0.2) is 18.2 Å². The van der Waals surface area contributed by atoms with Crippen molar-refractivity contribution < 1.29 is 9.18 Å². The number of amides is 2. The van der Waals surface area contributed by atoms with Gasteiger partial charge >= 0.3 is 6.03 Å². The minimum Gasteiger partial charge on any atom is -0.322 e. The fourth-order valence-electron chi connectivity index (χ4n) is 3.48. The number of anilines is 1. The van der Waals surface area contributed by atoms with Gasteiger partial charge in [0.2, 0.25) is 0 Å². The summed E-state index contributed by atoms with van der Waals surface area (Å²) in [5.74, 6) is -0.327. The molecule has 2 aliphatic rings. The molecule has 3 rings (SSSR count). The molecule has 2 amide bonds. The highest BCUT2D eigenvalue weighted by atomic mass is 19.1. The maximum atomic E-state index is 13.3. The minimum atomic E-state index is -0.327. The fourth-order valence-corrected chi connectivity index (χ4v) is 3.48. The van der Waals surface area contributed by atoms with Gasteiger partial charge in [-0.2, -0.15) is 0 Å². The topological polar surface area (TPSA) is 35.6 Å². The third kappa shape index (κ3) is 3.40. The molecule has 0 bridgehead atoms. The fraction of sp³-hybridized carbons (Fsp3) is 0.588. The van der Waals surface area contributed by atoms with Crippen molar-refractivity contribution in [1.82, 2.24) is 9.80 Å². The number of hydrogen-bond donors (Lipinski definition) is 1. The van der Waals surface area contributed by atoms with E-state index >= 15 is 0 Å². The van der Waals surface area contributed by atoms with Crippen molar-refractivity contribution in [1.29, 1.82) is 0 Å². The van der Waals surface area contributed by atoms with E-state index in [9.17, 15) is 9.18 Å². The lowest BCUT2D eigenvalue weighted by molar-refractivity contribution is 0.115. The second-order valence-corrected chi connectivity index (χ2v) is 6.35. The van der Waals surface area contributed by atoms with Crippen LogP contribution in [-0.2, 0) is 0 Å². The lowest BCUT2D eigenvalue weighted by atomic mass is 10.2. The Morgan fingerprint density at radius 2 is 1.86 bits per heavy atom. The van der Waals surface area contributed by atoms with Crippen molar-refractivity contribution in [2.24, 2.45) is 0 Å². The molecule has 1 N–H and O–H groups in total. The molecule has 0 aromatic heterocycles. The van der Waals surface area contributed by atoms with Crippen LogP contribution in [0.1, 0.15) is 31.2 Å². The number of piperazine rings is 1. The molecule has 1 aromatic carbocycles. The molecule has 4 nitrogen and oxygen atoms in total. The maximum absolute atomic E-state index is 13.3. The van der Waals surface area contributed by atoms with Gasteiger partial charge in [-0.3, -0.25) is 4.90 Å². The summed E-state index contributed by atoms with van der Waals surface area (Å²) in [6, 6.07) is 5.06. The molecule has 1 aliphatic heterocycles. The second kappa shape index (κ2) is 6.65. The Hall–Kier alpha value is -1.62. The number of halogens is 1. The Bertz CT molecular complexity index is 535. The Kier molecular flexibility index (Phi) is 4.62. The normalized spacial score (nSPS) is 20.4. The van der Waals surface area contributed by atoms with E-state index in [-0.39, 0.29) is 11.8 Å². The smallest absolute Gasteiger partial charge is 0.321 e. The number of carbonyl (C=O) groups excluding carboxylic acids is 1. The molecule has 1 heterocycles. The SMILES string of the molecule is Cc1ccc(F)cc1NC(=O)N1CCN(C2CCCC2)CC1. The molecule has 1 aliphatic carbocycles. The molecule has 0 radical (unpaired) electrons. The maximum Gasteiger partial charge on any atom is 0.321 e. The number of nitrogens with zero attached hydrogens (tertiary/aromatic N) is 2. The first-order chi connectivity index (χ1) is 10.6. The molecule has 0 atom stereocenters. The van der Waals surface area contributed by atoms with Crippen LogP contribution in [0.5, 0.6) is 0 Å². The van der Waals surface area contributed by atoms with E-state index in [2.05, 4.69) is 10.2 Å². The second-order valence-electron chi connectivity index (χ2n) is 6.35. The monoisotopic (exact) mass is 305 g/mol. The van der Waals surface area contributed by atoms with Gasteiger partial charge in [0, 0.05) is 37.9 Å². The van der Waals surface area contributed by atoms with Crippen LogP contribution >= 0.6 is 0 Å². The number of aryl methyl sites for hydroxylation is 1. The number of urea groups is 1. The highest BCUT2D eigenvalue weighted by Crippen LogP contribution is 2.24. The highest BCUT2D eigenvalue weighted by molar-refractivity contribution is 5.90. The van der Waals surface area contributed by atoms with Crippen LogP contribution in [0.4, 0.5) is 14.9 Å². The minimum absolute atomic E-state index is 0.125. The highest BCUT2D eigenvalue weighted by Gasteiger charge is 2.27. The van der Waals surface area contributed by atoms with Crippen molar-refractivity contribution in [2.45, 2.75) is 38.6 Å². The molecule has 1 saturated carbocycles. The third-order valence-corrected chi connectivity index (χ3v) is 4.88. The van der Waals surface area contributed by atoms with E-state index in [0.29, 0.717) is 5.69 Å². The van der Waals surface area contributed by atoms with Gasteiger partial charge in [-0.1, -0.05) is 18.9 Å². The van der Waals surface area contributed by atoms with Crippen molar-refractivity contribution in [3.05, 3.63) is 29.6 Å². The first kappa shape index (κ1) is 15.3. The van der Waals surface area contributed by atoms with Crippen LogP contribution in [0.3, 0.4) is 0 Å². The zero-order valence-corrected chi connectivity index (χ0v) is 13.1. The van der Waals surface area contributed by atoms with Crippen molar-refractivity contribution in [2.75, 3.05) is 31.5 Å². The van der Waals surface area contributed by atoms with Gasteiger partial charge in [0.1, 0.15) is 5.82 Å². The predicted molar refractivity (Wildman–Crippen MR) is 85.6 cm³/mol. The Morgan fingerprint density at radius 1 is 1.18 bits per heavy atom. The van der Waals surface area contributed by atoms with Gasteiger partial charge in [0.25, 0.3) is 0 Å². The third-order valence-electron chi connectivity index (χ3n) is 4.88. The van der Waals surface area contributed by atoms with E-state index in [1.165, 1.54) is 37.8 Å². The predicted octanol–water partition coefficient (Wildman–Crippen LogP) is 3.23. The first-order valence-electron chi connectivity index (χ1n) is 8.19. The van der Waals surface area contributed by atoms with Crippen LogP contribution in [0, 0.1) is 12.7 Å². The van der Waals surface area contributed by atoms with Crippen LogP contribution in [0.25, 0.3) is 0 Å². The van der Waals surface area contributed by atoms with Gasteiger partial charge < -0.3 is 10.2 Å². The zero-order chi connectivity index (χ0) is 15.5. The Morgan fingerprint density at radius 3 is 2.55 bits per heavy atom. The van der Waals surface area contributed by atoms with Gasteiger partial charge in [-0.25, -0.2) is 9.18 Å². The number of benzene rings is 1. The molecular weight excluding hydrogens is 281 g/mol. The number of hydrogen-bond acceptors (Lipinski definition) is 2. The number of rotatable bonds is 2. The Balaban J connectivity index is 1.54. The van der Waals surface area contributed by atoms with Crippen molar-refractivity contribution in [3.63, 3.8) is 0 Å². The molecule has 1 aromatic rings. The first-order valence-corrected chi connectivity index (χ1v) is 8.19. The Labute approximate surface area is 131 Å². The average molecular weight is 305 g/mol. The summed E-state index contributed by atoms with van der Waals surface area (Å²) in [5, 5.41) is 2.83. The largest absolute Gasteiger partial charge is 0.322 e. The van der Waals surface area contributed by atoms with Gasteiger partial charge in [-0.15, -0.1) is 0 Å². The number of carbonyl (C=O) groups is 1. The van der Waals surface area contributed by atoms with Gasteiger partial charge in [0.15, 0.2) is 0 Å². The molecule has 22 heavy (non-hydrogen) atoms. The summed E-state index contributed by atoms with van der Waals surface area (Å²) < 4.78 is 13.3. The molecule has 0 unspecified atom stereocenters. The summed E-state index contributed by atoms with van der Waals surface area (Å²) in [4.78, 5) is 16.7. The summed E-state index contributed by atoms with van der Waals surface area (Å²) in [5.41, 5.74) is 1.43. The van der Waals surface area contributed by atoms with Crippen LogP contribution in [0.2, 0.25) is 0 Å². The van der Waals surface area contributed by atoms with Gasteiger partial charge in [-0.05, 0) is 37.5 Å². The van der Waals surface area contributed by atoms with Crippen LogP contribution < -0.4 is 5.32 Å². The number of nitrogens with one attached hydrogen (secondary N) is 1. The molecule has 0 spiro atoms.